The average molecular weight is 509 g/mol. The van der Waals surface area contributed by atoms with Crippen LogP contribution in [0, 0.1) is 5.82 Å². The van der Waals surface area contributed by atoms with Gasteiger partial charge in [0, 0.05) is 18.6 Å². The van der Waals surface area contributed by atoms with Crippen LogP contribution < -0.4 is 5.32 Å². The van der Waals surface area contributed by atoms with Gasteiger partial charge in [0.15, 0.2) is 0 Å². The minimum atomic E-state index is -4.49. The fourth-order valence-electron chi connectivity index (χ4n) is 4.82. The second-order valence-corrected chi connectivity index (χ2v) is 10.5. The number of alkyl halides is 3. The Morgan fingerprint density at radius 3 is 2.51 bits per heavy atom. The number of rotatable bonds is 6. The van der Waals surface area contributed by atoms with Gasteiger partial charge in [0.1, 0.15) is 17.2 Å². The monoisotopic (exact) mass is 508 g/mol. The van der Waals surface area contributed by atoms with Crippen LogP contribution in [0.4, 0.5) is 17.6 Å². The lowest BCUT2D eigenvalue weighted by molar-refractivity contribution is -0.143. The standard InChI is InChI=1S/C25H28F4N4OS/c1-32(2)24(15-16-5-4-6-17(26)13-16)11-9-18(10-12-24)30-23(34)21-8-7-20(35-21)19-14-22(25(27,28)29)33(3)31-19/h4-8,13-14,18H,9-12,15H2,1-3H3,(H,30,34). The summed E-state index contributed by atoms with van der Waals surface area (Å²) >= 11 is 1.12. The summed E-state index contributed by atoms with van der Waals surface area (Å²) < 4.78 is 53.7. The van der Waals surface area contributed by atoms with Gasteiger partial charge in [-0.1, -0.05) is 12.1 Å². The van der Waals surface area contributed by atoms with E-state index in [-0.39, 0.29) is 29.0 Å². The summed E-state index contributed by atoms with van der Waals surface area (Å²) in [6.45, 7) is 0. The van der Waals surface area contributed by atoms with Gasteiger partial charge in [-0.15, -0.1) is 11.3 Å². The van der Waals surface area contributed by atoms with Gasteiger partial charge in [0.2, 0.25) is 0 Å². The first kappa shape index (κ1) is 25.4. The third-order valence-corrected chi connectivity index (χ3v) is 7.98. The molecule has 1 amide bonds. The summed E-state index contributed by atoms with van der Waals surface area (Å²) in [6.07, 6.45) is -0.485. The van der Waals surface area contributed by atoms with E-state index < -0.39 is 11.9 Å². The van der Waals surface area contributed by atoms with Crippen molar-refractivity contribution in [3.63, 3.8) is 0 Å². The van der Waals surface area contributed by atoms with Crippen LogP contribution in [-0.2, 0) is 19.6 Å². The Hall–Kier alpha value is -2.72. The van der Waals surface area contributed by atoms with Crippen molar-refractivity contribution in [1.29, 1.82) is 0 Å². The normalized spacial score (nSPS) is 20.9. The molecule has 4 rings (SSSR count). The quantitative estimate of drug-likeness (QED) is 0.446. The molecule has 0 spiro atoms. The number of thiophene rings is 1. The molecule has 0 aliphatic heterocycles. The van der Waals surface area contributed by atoms with Gasteiger partial charge >= 0.3 is 6.18 Å². The molecule has 35 heavy (non-hydrogen) atoms. The van der Waals surface area contributed by atoms with Crippen LogP contribution in [0.2, 0.25) is 0 Å². The maximum absolute atomic E-state index is 13.7. The van der Waals surface area contributed by atoms with Gasteiger partial charge in [-0.05, 0) is 82.1 Å². The van der Waals surface area contributed by atoms with E-state index in [9.17, 15) is 22.4 Å². The van der Waals surface area contributed by atoms with Crippen LogP contribution in [0.15, 0.2) is 42.5 Å². The minimum Gasteiger partial charge on any atom is -0.349 e. The van der Waals surface area contributed by atoms with Crippen molar-refractivity contribution in [2.75, 3.05) is 14.1 Å². The minimum absolute atomic E-state index is 0.000293. The van der Waals surface area contributed by atoms with Crippen LogP contribution in [-0.4, -0.2) is 46.3 Å². The average Bonchev–Trinajstić information content (AvgIpc) is 3.42. The second kappa shape index (κ2) is 9.73. The molecular formula is C25H28F4N4OS. The highest BCUT2D eigenvalue weighted by Gasteiger charge is 2.38. The second-order valence-electron chi connectivity index (χ2n) is 9.37. The molecule has 2 heterocycles. The van der Waals surface area contributed by atoms with Crippen LogP contribution in [0.25, 0.3) is 10.6 Å². The number of hydrogen-bond acceptors (Lipinski definition) is 4. The van der Waals surface area contributed by atoms with Crippen molar-refractivity contribution in [2.45, 2.75) is 49.9 Å². The van der Waals surface area contributed by atoms with Crippen LogP contribution in [0.5, 0.6) is 0 Å². The van der Waals surface area contributed by atoms with Gasteiger partial charge < -0.3 is 10.2 Å². The molecule has 2 aromatic heterocycles. The van der Waals surface area contributed by atoms with Crippen molar-refractivity contribution in [1.82, 2.24) is 20.0 Å². The number of likely N-dealkylation sites (N-methyl/N-ethyl adjacent to an activating group) is 1. The van der Waals surface area contributed by atoms with E-state index in [0.717, 1.165) is 59.8 Å². The van der Waals surface area contributed by atoms with Crippen molar-refractivity contribution < 1.29 is 22.4 Å². The topological polar surface area (TPSA) is 50.2 Å². The zero-order valence-corrected chi connectivity index (χ0v) is 20.6. The summed E-state index contributed by atoms with van der Waals surface area (Å²) in [5, 5.41) is 7.03. The summed E-state index contributed by atoms with van der Waals surface area (Å²) in [5.41, 5.74) is 0.196. The Kier molecular flexibility index (Phi) is 7.06. The fourth-order valence-corrected chi connectivity index (χ4v) is 5.68. The molecule has 0 atom stereocenters. The number of hydrogen-bond donors (Lipinski definition) is 1. The van der Waals surface area contributed by atoms with E-state index in [0.29, 0.717) is 9.75 Å². The van der Waals surface area contributed by atoms with Gasteiger partial charge in [0.05, 0.1) is 9.75 Å². The van der Waals surface area contributed by atoms with Gasteiger partial charge in [0.25, 0.3) is 5.91 Å². The number of amides is 1. The number of carbonyl (C=O) groups is 1. The third kappa shape index (κ3) is 5.59. The Morgan fingerprint density at radius 2 is 1.91 bits per heavy atom. The number of halogens is 4. The molecule has 10 heteroatoms. The molecule has 1 aromatic carbocycles. The molecule has 5 nitrogen and oxygen atoms in total. The van der Waals surface area contributed by atoms with Crippen molar-refractivity contribution in [3.8, 4) is 10.6 Å². The first-order valence-electron chi connectivity index (χ1n) is 11.4. The summed E-state index contributed by atoms with van der Waals surface area (Å²) in [4.78, 5) is 16.0. The molecule has 0 radical (unpaired) electrons. The molecule has 1 N–H and O–H groups in total. The number of nitrogens with one attached hydrogen (secondary N) is 1. The molecule has 1 aliphatic carbocycles. The maximum atomic E-state index is 13.7. The highest BCUT2D eigenvalue weighted by molar-refractivity contribution is 7.17. The smallest absolute Gasteiger partial charge is 0.349 e. The predicted molar refractivity (Wildman–Crippen MR) is 128 cm³/mol. The maximum Gasteiger partial charge on any atom is 0.433 e. The summed E-state index contributed by atoms with van der Waals surface area (Å²) in [7, 11) is 5.32. The Morgan fingerprint density at radius 1 is 1.20 bits per heavy atom. The highest BCUT2D eigenvalue weighted by Crippen LogP contribution is 2.37. The molecule has 0 bridgehead atoms. The number of benzene rings is 1. The summed E-state index contributed by atoms with van der Waals surface area (Å²) in [5.74, 6) is -0.478. The molecule has 188 valence electrons. The molecule has 1 saturated carbocycles. The van der Waals surface area contributed by atoms with Crippen molar-refractivity contribution in [2.24, 2.45) is 7.05 Å². The molecule has 1 aliphatic rings. The van der Waals surface area contributed by atoms with Gasteiger partial charge in [-0.3, -0.25) is 9.48 Å². The van der Waals surface area contributed by atoms with Crippen LogP contribution in [0.1, 0.15) is 46.6 Å². The number of nitrogens with zero attached hydrogens (tertiary/aromatic N) is 3. The number of aromatic nitrogens is 2. The zero-order valence-electron chi connectivity index (χ0n) is 19.8. The lowest BCUT2D eigenvalue weighted by Gasteiger charge is -2.45. The van der Waals surface area contributed by atoms with E-state index in [2.05, 4.69) is 15.3 Å². The van der Waals surface area contributed by atoms with Gasteiger partial charge in [-0.25, -0.2) is 4.39 Å². The lowest BCUT2D eigenvalue weighted by Crippen LogP contribution is -2.52. The molecular weight excluding hydrogens is 480 g/mol. The number of aryl methyl sites for hydroxylation is 1. The Balaban J connectivity index is 1.39. The highest BCUT2D eigenvalue weighted by atomic mass is 32.1. The van der Waals surface area contributed by atoms with Crippen molar-refractivity contribution in [3.05, 3.63) is 64.4 Å². The van der Waals surface area contributed by atoms with E-state index in [1.54, 1.807) is 24.3 Å². The Bertz CT molecular complexity index is 1190. The SMILES string of the molecule is CN(C)C1(Cc2cccc(F)c2)CCC(NC(=O)c2ccc(-c3cc(C(F)(F)F)n(C)n3)s2)CC1. The zero-order chi connectivity index (χ0) is 25.4. The first-order chi connectivity index (χ1) is 16.5. The molecule has 0 unspecified atom stereocenters. The third-order valence-electron chi connectivity index (χ3n) is 6.87. The molecule has 1 fully saturated rings. The fraction of sp³-hybridized carbons (Fsp3) is 0.440. The van der Waals surface area contributed by atoms with E-state index in [4.69, 9.17) is 0 Å². The Labute approximate surface area is 205 Å². The molecule has 3 aromatic rings. The van der Waals surface area contributed by atoms with E-state index in [1.165, 1.54) is 13.1 Å². The molecule has 0 saturated heterocycles. The van der Waals surface area contributed by atoms with Crippen molar-refractivity contribution >= 4 is 17.2 Å². The van der Waals surface area contributed by atoms with Crippen LogP contribution in [0.3, 0.4) is 0 Å². The van der Waals surface area contributed by atoms with Gasteiger partial charge in [-0.2, -0.15) is 18.3 Å². The summed E-state index contributed by atoms with van der Waals surface area (Å²) in [6, 6.07) is 10.9. The van der Waals surface area contributed by atoms with E-state index >= 15 is 0 Å². The lowest BCUT2D eigenvalue weighted by atomic mass is 9.75. The van der Waals surface area contributed by atoms with E-state index in [1.807, 2.05) is 20.2 Å². The number of carbonyl (C=O) groups excluding carboxylic acids is 1. The first-order valence-corrected chi connectivity index (χ1v) is 12.2. The largest absolute Gasteiger partial charge is 0.433 e. The van der Waals surface area contributed by atoms with Crippen LogP contribution >= 0.6 is 11.3 Å². The predicted octanol–water partition coefficient (Wildman–Crippen LogP) is 5.52.